The summed E-state index contributed by atoms with van der Waals surface area (Å²) in [4.78, 5) is 14.2. The van der Waals surface area contributed by atoms with Gasteiger partial charge in [-0.2, -0.15) is 0 Å². The molecule has 0 amide bonds. The molecule has 100 valence electrons. The monoisotopic (exact) mass is 307 g/mol. The Morgan fingerprint density at radius 1 is 1.50 bits per heavy atom. The summed E-state index contributed by atoms with van der Waals surface area (Å²) in [5.41, 5.74) is 0.533. The minimum Gasteiger partial charge on any atom is -0.381 e. The van der Waals surface area contributed by atoms with E-state index in [0.29, 0.717) is 26.8 Å². The molecule has 0 spiro atoms. The molecule has 0 unspecified atom stereocenters. The number of carbonyl (C=O) groups excluding carboxylic acids is 1. The number of halogens is 2. The highest BCUT2D eigenvalue weighted by molar-refractivity contribution is 7.20. The van der Waals surface area contributed by atoms with Gasteiger partial charge in [-0.25, -0.2) is 0 Å². The lowest BCUT2D eigenvalue weighted by Crippen LogP contribution is -2.39. The van der Waals surface area contributed by atoms with Crippen molar-refractivity contribution >= 4 is 40.3 Å². The molecule has 2 heterocycles. The van der Waals surface area contributed by atoms with E-state index in [9.17, 15) is 4.79 Å². The molecule has 0 bridgehead atoms. The van der Waals surface area contributed by atoms with Crippen LogP contribution in [0, 0.1) is 0 Å². The number of hydrogen-bond donors (Lipinski definition) is 0. The Kier molecular flexibility index (Phi) is 5.04. The van der Waals surface area contributed by atoms with Crippen LogP contribution in [0.15, 0.2) is 6.07 Å². The van der Waals surface area contributed by atoms with Gasteiger partial charge in [-0.15, -0.1) is 11.3 Å². The van der Waals surface area contributed by atoms with Gasteiger partial charge < -0.3 is 4.74 Å². The molecule has 1 aliphatic heterocycles. The number of Topliss-reactive ketones (excluding diaryl/α,β-unsaturated/α-hetero) is 1. The number of ketones is 1. The third kappa shape index (κ3) is 3.45. The molecule has 0 N–H and O–H groups in total. The average Bonchev–Trinajstić information content (AvgIpc) is 2.69. The number of likely N-dealkylation sites (N-methyl/N-ethyl adjacent to an activating group) is 1. The molecular formula is C12H15Cl2NO2S. The van der Waals surface area contributed by atoms with Crippen molar-refractivity contribution in [1.29, 1.82) is 0 Å². The van der Waals surface area contributed by atoms with Gasteiger partial charge in [-0.05, 0) is 26.0 Å². The van der Waals surface area contributed by atoms with Gasteiger partial charge in [0.05, 0.1) is 16.4 Å². The minimum absolute atomic E-state index is 0.0251. The zero-order chi connectivity index (χ0) is 13.1. The van der Waals surface area contributed by atoms with E-state index in [1.54, 1.807) is 6.07 Å². The fraction of sp³-hybridized carbons (Fsp3) is 0.583. The fourth-order valence-corrected chi connectivity index (χ4v) is 3.60. The fourth-order valence-electron chi connectivity index (χ4n) is 2.10. The predicted octanol–water partition coefficient (Wildman–Crippen LogP) is 3.35. The van der Waals surface area contributed by atoms with E-state index in [1.165, 1.54) is 11.3 Å². The summed E-state index contributed by atoms with van der Waals surface area (Å²) in [5.74, 6) is 0.0251. The summed E-state index contributed by atoms with van der Waals surface area (Å²) in [7, 11) is 1.97. The zero-order valence-corrected chi connectivity index (χ0v) is 12.4. The van der Waals surface area contributed by atoms with Gasteiger partial charge in [0.25, 0.3) is 0 Å². The van der Waals surface area contributed by atoms with Gasteiger partial charge in [-0.1, -0.05) is 23.2 Å². The first-order chi connectivity index (χ1) is 8.58. The van der Waals surface area contributed by atoms with Crippen molar-refractivity contribution in [1.82, 2.24) is 4.90 Å². The highest BCUT2D eigenvalue weighted by Gasteiger charge is 2.22. The van der Waals surface area contributed by atoms with E-state index in [4.69, 9.17) is 27.9 Å². The van der Waals surface area contributed by atoms with E-state index in [1.807, 2.05) is 7.05 Å². The molecule has 2 rings (SSSR count). The van der Waals surface area contributed by atoms with Crippen molar-refractivity contribution < 1.29 is 9.53 Å². The van der Waals surface area contributed by atoms with E-state index in [-0.39, 0.29) is 5.78 Å². The van der Waals surface area contributed by atoms with Crippen LogP contribution in [0.5, 0.6) is 0 Å². The largest absolute Gasteiger partial charge is 0.381 e. The van der Waals surface area contributed by atoms with Crippen LogP contribution in [0.2, 0.25) is 8.67 Å². The molecule has 0 aromatic carbocycles. The molecule has 0 saturated carbocycles. The van der Waals surface area contributed by atoms with Crippen molar-refractivity contribution in [2.45, 2.75) is 18.9 Å². The highest BCUT2D eigenvalue weighted by Crippen LogP contribution is 2.31. The van der Waals surface area contributed by atoms with Crippen LogP contribution in [-0.2, 0) is 4.74 Å². The maximum absolute atomic E-state index is 12.1. The molecule has 1 fully saturated rings. The van der Waals surface area contributed by atoms with Crippen molar-refractivity contribution in [2.24, 2.45) is 0 Å². The van der Waals surface area contributed by atoms with Crippen LogP contribution in [0.25, 0.3) is 0 Å². The molecule has 1 aromatic rings. The molecule has 0 aliphatic carbocycles. The van der Waals surface area contributed by atoms with Gasteiger partial charge in [0.1, 0.15) is 4.34 Å². The number of rotatable bonds is 4. The third-order valence-electron chi connectivity index (χ3n) is 3.16. The van der Waals surface area contributed by atoms with Crippen molar-refractivity contribution in [3.63, 3.8) is 0 Å². The summed E-state index contributed by atoms with van der Waals surface area (Å²) >= 11 is 13.1. The van der Waals surface area contributed by atoms with Gasteiger partial charge in [-0.3, -0.25) is 9.69 Å². The average molecular weight is 308 g/mol. The number of nitrogens with zero attached hydrogens (tertiary/aromatic N) is 1. The Balaban J connectivity index is 1.96. The van der Waals surface area contributed by atoms with Crippen molar-refractivity contribution in [2.75, 3.05) is 26.8 Å². The third-order valence-corrected chi connectivity index (χ3v) is 4.65. The van der Waals surface area contributed by atoms with Crippen LogP contribution in [0.4, 0.5) is 0 Å². The maximum Gasteiger partial charge on any atom is 0.179 e. The van der Waals surface area contributed by atoms with Crippen molar-refractivity contribution in [3.05, 3.63) is 20.3 Å². The molecule has 18 heavy (non-hydrogen) atoms. The zero-order valence-electron chi connectivity index (χ0n) is 10.1. The smallest absolute Gasteiger partial charge is 0.179 e. The number of carbonyl (C=O) groups is 1. The van der Waals surface area contributed by atoms with Gasteiger partial charge in [0.15, 0.2) is 5.78 Å². The van der Waals surface area contributed by atoms with Crippen LogP contribution in [0.1, 0.15) is 23.2 Å². The predicted molar refractivity (Wildman–Crippen MR) is 75.1 cm³/mol. The maximum atomic E-state index is 12.1. The molecule has 3 nitrogen and oxygen atoms in total. The van der Waals surface area contributed by atoms with Gasteiger partial charge in [0.2, 0.25) is 0 Å². The number of hydrogen-bond acceptors (Lipinski definition) is 4. The topological polar surface area (TPSA) is 29.5 Å². The van der Waals surface area contributed by atoms with Crippen LogP contribution in [-0.4, -0.2) is 43.5 Å². The van der Waals surface area contributed by atoms with E-state index >= 15 is 0 Å². The minimum atomic E-state index is 0.0251. The Morgan fingerprint density at radius 2 is 2.17 bits per heavy atom. The van der Waals surface area contributed by atoms with Crippen LogP contribution in [0.3, 0.4) is 0 Å². The van der Waals surface area contributed by atoms with Gasteiger partial charge in [0, 0.05) is 19.3 Å². The first-order valence-corrected chi connectivity index (χ1v) is 7.41. The second kappa shape index (κ2) is 6.35. The normalized spacial score (nSPS) is 17.3. The summed E-state index contributed by atoms with van der Waals surface area (Å²) < 4.78 is 6.34. The molecule has 0 radical (unpaired) electrons. The van der Waals surface area contributed by atoms with Crippen LogP contribution < -0.4 is 0 Å². The lowest BCUT2D eigenvalue weighted by atomic mass is 10.1. The van der Waals surface area contributed by atoms with Crippen molar-refractivity contribution in [3.8, 4) is 0 Å². The van der Waals surface area contributed by atoms with E-state index in [2.05, 4.69) is 4.90 Å². The Bertz CT molecular complexity index is 430. The molecule has 6 heteroatoms. The first-order valence-electron chi connectivity index (χ1n) is 5.84. The summed E-state index contributed by atoms with van der Waals surface area (Å²) in [5, 5.41) is 0. The highest BCUT2D eigenvalue weighted by atomic mass is 35.5. The second-order valence-electron chi connectivity index (χ2n) is 4.42. The molecule has 1 saturated heterocycles. The molecule has 0 atom stereocenters. The number of ether oxygens (including phenoxy) is 1. The lowest BCUT2D eigenvalue weighted by Gasteiger charge is -2.30. The first kappa shape index (κ1) is 14.3. The lowest BCUT2D eigenvalue weighted by molar-refractivity contribution is 0.0419. The Hall–Kier alpha value is -0.130. The Morgan fingerprint density at radius 3 is 2.72 bits per heavy atom. The quantitative estimate of drug-likeness (QED) is 0.799. The SMILES string of the molecule is CN(CC(=O)c1cc(Cl)sc1Cl)C1CCOCC1. The number of thiophene rings is 1. The van der Waals surface area contributed by atoms with E-state index in [0.717, 1.165) is 26.1 Å². The Labute approximate surface area is 121 Å². The van der Waals surface area contributed by atoms with Crippen LogP contribution >= 0.6 is 34.5 Å². The molecular weight excluding hydrogens is 293 g/mol. The standard InChI is InChI=1S/C12H15Cl2NO2S/c1-15(8-2-4-17-5-3-8)7-10(16)9-6-11(13)18-12(9)14/h6,8H,2-5,7H2,1H3. The molecule has 1 aliphatic rings. The van der Waals surface area contributed by atoms with E-state index < -0.39 is 0 Å². The molecule has 1 aromatic heterocycles. The second-order valence-corrected chi connectivity index (χ2v) is 6.71. The summed E-state index contributed by atoms with van der Waals surface area (Å²) in [6, 6.07) is 2.06. The summed E-state index contributed by atoms with van der Waals surface area (Å²) in [6.45, 7) is 1.92. The van der Waals surface area contributed by atoms with Gasteiger partial charge >= 0.3 is 0 Å². The summed E-state index contributed by atoms with van der Waals surface area (Å²) in [6.07, 6.45) is 1.95.